The van der Waals surface area contributed by atoms with E-state index in [4.69, 9.17) is 5.11 Å². The topological polar surface area (TPSA) is 78.4 Å². The van der Waals surface area contributed by atoms with Gasteiger partial charge >= 0.3 is 12.0 Å². The number of rotatable bonds is 5. The molecule has 0 radical (unpaired) electrons. The fourth-order valence-corrected chi connectivity index (χ4v) is 1.54. The van der Waals surface area contributed by atoms with Crippen molar-refractivity contribution in [2.75, 3.05) is 0 Å². The maximum absolute atomic E-state index is 12.9. The number of carboxylic acids is 1. The van der Waals surface area contributed by atoms with Gasteiger partial charge in [-0.1, -0.05) is 19.9 Å². The third-order valence-corrected chi connectivity index (χ3v) is 2.66. The third kappa shape index (κ3) is 4.49. The maximum Gasteiger partial charge on any atom is 0.326 e. The Hall–Kier alpha value is -2.18. The standard InChI is InChI=1S/C13H16F2N2O3/c1-7(2)11(12(18)19)17-13(20)16-6-8-3-4-9(14)10(15)5-8/h3-5,7,11H,6H2,1-2H3,(H,18,19)(H2,16,17,20)/t11-/m1/s1. The van der Waals surface area contributed by atoms with E-state index < -0.39 is 29.7 Å². The lowest BCUT2D eigenvalue weighted by Crippen LogP contribution is -2.48. The lowest BCUT2D eigenvalue weighted by Gasteiger charge is -2.18. The summed E-state index contributed by atoms with van der Waals surface area (Å²) in [6.45, 7) is 3.29. The zero-order valence-corrected chi connectivity index (χ0v) is 11.1. The Morgan fingerprint density at radius 3 is 2.40 bits per heavy atom. The molecule has 5 nitrogen and oxygen atoms in total. The summed E-state index contributed by atoms with van der Waals surface area (Å²) in [7, 11) is 0. The minimum atomic E-state index is -1.14. The average molecular weight is 286 g/mol. The van der Waals surface area contributed by atoms with Gasteiger partial charge in [-0.25, -0.2) is 18.4 Å². The second kappa shape index (κ2) is 6.83. The van der Waals surface area contributed by atoms with E-state index in [1.54, 1.807) is 13.8 Å². The molecule has 1 rings (SSSR count). The number of carbonyl (C=O) groups is 2. The Morgan fingerprint density at radius 2 is 1.90 bits per heavy atom. The highest BCUT2D eigenvalue weighted by molar-refractivity contribution is 5.82. The largest absolute Gasteiger partial charge is 0.480 e. The summed E-state index contributed by atoms with van der Waals surface area (Å²) in [5, 5.41) is 13.6. The van der Waals surface area contributed by atoms with Crippen molar-refractivity contribution in [1.82, 2.24) is 10.6 Å². The molecule has 0 aliphatic rings. The molecule has 0 fully saturated rings. The van der Waals surface area contributed by atoms with E-state index in [1.165, 1.54) is 6.07 Å². The molecular formula is C13H16F2N2O3. The SMILES string of the molecule is CC(C)[C@@H](NC(=O)NCc1ccc(F)c(F)c1)C(=O)O. The number of carboxylic acid groups (broad SMARTS) is 1. The zero-order chi connectivity index (χ0) is 15.3. The minimum Gasteiger partial charge on any atom is -0.480 e. The first kappa shape index (κ1) is 15.9. The van der Waals surface area contributed by atoms with Gasteiger partial charge in [-0.05, 0) is 23.6 Å². The van der Waals surface area contributed by atoms with Crippen molar-refractivity contribution in [1.29, 1.82) is 0 Å². The third-order valence-electron chi connectivity index (χ3n) is 2.66. The fourth-order valence-electron chi connectivity index (χ4n) is 1.54. The molecule has 0 aromatic heterocycles. The van der Waals surface area contributed by atoms with Gasteiger partial charge in [0.2, 0.25) is 0 Å². The molecule has 3 N–H and O–H groups in total. The van der Waals surface area contributed by atoms with Crippen LogP contribution in [0.15, 0.2) is 18.2 Å². The summed E-state index contributed by atoms with van der Waals surface area (Å²) in [5.41, 5.74) is 0.371. The van der Waals surface area contributed by atoms with Crippen LogP contribution in [0.2, 0.25) is 0 Å². The quantitative estimate of drug-likeness (QED) is 0.773. The molecule has 0 saturated heterocycles. The zero-order valence-electron chi connectivity index (χ0n) is 11.1. The normalized spacial score (nSPS) is 12.1. The highest BCUT2D eigenvalue weighted by Crippen LogP contribution is 2.08. The Morgan fingerprint density at radius 1 is 1.25 bits per heavy atom. The van der Waals surface area contributed by atoms with Gasteiger partial charge in [0, 0.05) is 6.54 Å². The summed E-state index contributed by atoms with van der Waals surface area (Å²) < 4.78 is 25.7. The molecule has 20 heavy (non-hydrogen) atoms. The number of nitrogens with one attached hydrogen (secondary N) is 2. The first-order valence-electron chi connectivity index (χ1n) is 6.02. The first-order valence-corrected chi connectivity index (χ1v) is 6.02. The molecule has 0 saturated carbocycles. The predicted octanol–water partition coefficient (Wildman–Crippen LogP) is 1.87. The molecule has 2 amide bonds. The number of hydrogen-bond acceptors (Lipinski definition) is 2. The number of benzene rings is 1. The van der Waals surface area contributed by atoms with Gasteiger partial charge in [-0.3, -0.25) is 0 Å². The van der Waals surface area contributed by atoms with Crippen molar-refractivity contribution in [2.24, 2.45) is 5.92 Å². The van der Waals surface area contributed by atoms with Gasteiger partial charge in [-0.2, -0.15) is 0 Å². The molecule has 1 aromatic rings. The van der Waals surface area contributed by atoms with Crippen LogP contribution in [0.3, 0.4) is 0 Å². The van der Waals surface area contributed by atoms with Crippen LogP contribution in [-0.2, 0) is 11.3 Å². The van der Waals surface area contributed by atoms with Crippen molar-refractivity contribution in [3.63, 3.8) is 0 Å². The van der Waals surface area contributed by atoms with Crippen molar-refractivity contribution < 1.29 is 23.5 Å². The molecule has 7 heteroatoms. The lowest BCUT2D eigenvalue weighted by atomic mass is 10.1. The van der Waals surface area contributed by atoms with E-state index >= 15 is 0 Å². The highest BCUT2D eigenvalue weighted by atomic mass is 19.2. The Balaban J connectivity index is 2.54. The van der Waals surface area contributed by atoms with Gasteiger partial charge in [0.05, 0.1) is 0 Å². The molecule has 1 aromatic carbocycles. The fraction of sp³-hybridized carbons (Fsp3) is 0.385. The maximum atomic E-state index is 12.9. The van der Waals surface area contributed by atoms with Crippen LogP contribution in [0.5, 0.6) is 0 Å². The van der Waals surface area contributed by atoms with Crippen LogP contribution >= 0.6 is 0 Å². The molecule has 0 aliphatic heterocycles. The van der Waals surface area contributed by atoms with Crippen molar-refractivity contribution in [3.8, 4) is 0 Å². The molecule has 1 atom stereocenters. The number of aliphatic carboxylic acids is 1. The molecule has 0 bridgehead atoms. The summed E-state index contributed by atoms with van der Waals surface area (Å²) in [5.74, 6) is -3.39. The van der Waals surface area contributed by atoms with Gasteiger partial charge in [0.1, 0.15) is 6.04 Å². The minimum absolute atomic E-state index is 0.0343. The van der Waals surface area contributed by atoms with Crippen molar-refractivity contribution in [3.05, 3.63) is 35.4 Å². The van der Waals surface area contributed by atoms with Crippen LogP contribution in [0.4, 0.5) is 13.6 Å². The Bertz CT molecular complexity index is 506. The van der Waals surface area contributed by atoms with E-state index in [0.29, 0.717) is 5.56 Å². The average Bonchev–Trinajstić information content (AvgIpc) is 2.36. The van der Waals surface area contributed by atoms with E-state index in [9.17, 15) is 18.4 Å². The highest BCUT2D eigenvalue weighted by Gasteiger charge is 2.23. The van der Waals surface area contributed by atoms with Crippen LogP contribution in [0.1, 0.15) is 19.4 Å². The summed E-state index contributed by atoms with van der Waals surface area (Å²) in [6.07, 6.45) is 0. The van der Waals surface area contributed by atoms with E-state index in [-0.39, 0.29) is 12.5 Å². The Kier molecular flexibility index (Phi) is 5.42. The van der Waals surface area contributed by atoms with Crippen LogP contribution in [-0.4, -0.2) is 23.1 Å². The van der Waals surface area contributed by atoms with Gasteiger partial charge in [-0.15, -0.1) is 0 Å². The summed E-state index contributed by atoms with van der Waals surface area (Å²) in [4.78, 5) is 22.4. The summed E-state index contributed by atoms with van der Waals surface area (Å²) >= 11 is 0. The van der Waals surface area contributed by atoms with Gasteiger partial charge in [0.25, 0.3) is 0 Å². The summed E-state index contributed by atoms with van der Waals surface area (Å²) in [6, 6.07) is 1.55. The number of urea groups is 1. The van der Waals surface area contributed by atoms with Crippen LogP contribution in [0.25, 0.3) is 0 Å². The van der Waals surface area contributed by atoms with Crippen LogP contribution in [0, 0.1) is 17.6 Å². The van der Waals surface area contributed by atoms with E-state index in [0.717, 1.165) is 12.1 Å². The number of carbonyl (C=O) groups excluding carboxylic acids is 1. The molecule has 0 aliphatic carbocycles. The predicted molar refractivity (Wildman–Crippen MR) is 68.0 cm³/mol. The number of hydrogen-bond donors (Lipinski definition) is 3. The molecular weight excluding hydrogens is 270 g/mol. The molecule has 0 heterocycles. The number of halogens is 2. The van der Waals surface area contributed by atoms with Gasteiger partial charge < -0.3 is 15.7 Å². The Labute approximate surface area is 115 Å². The first-order chi connectivity index (χ1) is 9.31. The van der Waals surface area contributed by atoms with Crippen molar-refractivity contribution in [2.45, 2.75) is 26.4 Å². The van der Waals surface area contributed by atoms with E-state index in [2.05, 4.69) is 10.6 Å². The van der Waals surface area contributed by atoms with E-state index in [1.807, 2.05) is 0 Å². The van der Waals surface area contributed by atoms with Crippen LogP contribution < -0.4 is 10.6 Å². The number of amides is 2. The second-order valence-electron chi connectivity index (χ2n) is 4.64. The second-order valence-corrected chi connectivity index (χ2v) is 4.64. The lowest BCUT2D eigenvalue weighted by molar-refractivity contribution is -0.140. The van der Waals surface area contributed by atoms with Gasteiger partial charge in [0.15, 0.2) is 11.6 Å². The molecule has 0 unspecified atom stereocenters. The van der Waals surface area contributed by atoms with Crippen molar-refractivity contribution >= 4 is 12.0 Å². The monoisotopic (exact) mass is 286 g/mol. The smallest absolute Gasteiger partial charge is 0.326 e. The molecule has 0 spiro atoms. The molecule has 110 valence electrons.